The molecule has 1 aromatic carbocycles. The Hall–Kier alpha value is -0.540. The van der Waals surface area contributed by atoms with Crippen molar-refractivity contribution in [2.24, 2.45) is 0 Å². The van der Waals surface area contributed by atoms with Gasteiger partial charge in [0.2, 0.25) is 0 Å². The van der Waals surface area contributed by atoms with Crippen LogP contribution < -0.4 is 0 Å². The van der Waals surface area contributed by atoms with Crippen molar-refractivity contribution in [1.82, 2.24) is 0 Å². The molecule has 1 nitrogen and oxygen atoms in total. The van der Waals surface area contributed by atoms with E-state index >= 15 is 0 Å². The third kappa shape index (κ3) is 2.58. The SMILES string of the molecule is Cc1cc(C(O)c2cc(Cl)cc(Cl)c2)cs1. The molecule has 0 saturated heterocycles. The van der Waals surface area contributed by atoms with Gasteiger partial charge in [-0.2, -0.15) is 0 Å². The maximum Gasteiger partial charge on any atom is 0.105 e. The van der Waals surface area contributed by atoms with Gasteiger partial charge in [0.15, 0.2) is 0 Å². The van der Waals surface area contributed by atoms with Crippen molar-refractivity contribution in [1.29, 1.82) is 0 Å². The first kappa shape index (κ1) is 11.9. The van der Waals surface area contributed by atoms with Crippen molar-refractivity contribution in [2.75, 3.05) is 0 Å². The normalized spacial score (nSPS) is 12.8. The zero-order valence-corrected chi connectivity index (χ0v) is 10.9. The Labute approximate surface area is 108 Å². The Morgan fingerprint density at radius 1 is 1.06 bits per heavy atom. The van der Waals surface area contributed by atoms with E-state index in [0.29, 0.717) is 10.0 Å². The minimum atomic E-state index is -0.666. The van der Waals surface area contributed by atoms with Gasteiger partial charge in [-0.3, -0.25) is 0 Å². The summed E-state index contributed by atoms with van der Waals surface area (Å²) in [7, 11) is 0. The topological polar surface area (TPSA) is 20.2 Å². The maximum atomic E-state index is 10.1. The molecule has 0 spiro atoms. The van der Waals surface area contributed by atoms with Crippen LogP contribution in [0.5, 0.6) is 0 Å². The van der Waals surface area contributed by atoms with Gasteiger partial charge >= 0.3 is 0 Å². The Morgan fingerprint density at radius 2 is 1.69 bits per heavy atom. The monoisotopic (exact) mass is 272 g/mol. The van der Waals surface area contributed by atoms with Gasteiger partial charge < -0.3 is 5.11 Å². The Balaban J connectivity index is 2.37. The quantitative estimate of drug-likeness (QED) is 0.857. The highest BCUT2D eigenvalue weighted by Crippen LogP contribution is 2.29. The second-order valence-corrected chi connectivity index (χ2v) is 5.58. The van der Waals surface area contributed by atoms with Gasteiger partial charge in [0.25, 0.3) is 0 Å². The summed E-state index contributed by atoms with van der Waals surface area (Å²) in [6, 6.07) is 7.07. The number of hydrogen-bond acceptors (Lipinski definition) is 2. The zero-order valence-electron chi connectivity index (χ0n) is 8.58. The van der Waals surface area contributed by atoms with E-state index in [-0.39, 0.29) is 0 Å². The van der Waals surface area contributed by atoms with E-state index in [4.69, 9.17) is 23.2 Å². The Bertz CT molecular complexity index is 487. The maximum absolute atomic E-state index is 10.1. The molecule has 0 aliphatic carbocycles. The fourth-order valence-corrected chi connectivity index (χ4v) is 2.80. The molecule has 1 aromatic heterocycles. The first-order valence-electron chi connectivity index (χ1n) is 4.75. The second-order valence-electron chi connectivity index (χ2n) is 3.60. The highest BCUT2D eigenvalue weighted by atomic mass is 35.5. The number of aliphatic hydroxyl groups is 1. The molecule has 1 atom stereocenters. The summed E-state index contributed by atoms with van der Waals surface area (Å²) in [5.41, 5.74) is 1.59. The van der Waals surface area contributed by atoms with Crippen molar-refractivity contribution >= 4 is 34.5 Å². The van der Waals surface area contributed by atoms with E-state index in [1.807, 2.05) is 18.4 Å². The van der Waals surface area contributed by atoms with Crippen molar-refractivity contribution < 1.29 is 5.11 Å². The summed E-state index contributed by atoms with van der Waals surface area (Å²) in [5, 5.41) is 13.2. The molecule has 16 heavy (non-hydrogen) atoms. The lowest BCUT2D eigenvalue weighted by Gasteiger charge is -2.10. The van der Waals surface area contributed by atoms with E-state index < -0.39 is 6.10 Å². The molecule has 1 unspecified atom stereocenters. The molecule has 0 fully saturated rings. The largest absolute Gasteiger partial charge is 0.384 e. The lowest BCUT2D eigenvalue weighted by Crippen LogP contribution is -1.97. The van der Waals surface area contributed by atoms with Crippen molar-refractivity contribution in [3.8, 4) is 0 Å². The van der Waals surface area contributed by atoms with E-state index in [1.54, 1.807) is 29.5 Å². The van der Waals surface area contributed by atoms with Crippen LogP contribution in [0.1, 0.15) is 22.1 Å². The fourth-order valence-electron chi connectivity index (χ4n) is 1.53. The molecule has 0 amide bonds. The average Bonchev–Trinajstić information content (AvgIpc) is 2.62. The van der Waals surface area contributed by atoms with Crippen LogP contribution in [0.15, 0.2) is 29.6 Å². The summed E-state index contributed by atoms with van der Waals surface area (Å²) in [6.07, 6.45) is -0.666. The van der Waals surface area contributed by atoms with E-state index in [1.165, 1.54) is 4.88 Å². The fraction of sp³-hybridized carbons (Fsp3) is 0.167. The van der Waals surface area contributed by atoms with Crippen molar-refractivity contribution in [2.45, 2.75) is 13.0 Å². The number of benzene rings is 1. The number of aryl methyl sites for hydroxylation is 1. The van der Waals surface area contributed by atoms with Crippen LogP contribution in [-0.4, -0.2) is 5.11 Å². The summed E-state index contributed by atoms with van der Waals surface area (Å²) >= 11 is 13.4. The minimum absolute atomic E-state index is 0.536. The highest BCUT2D eigenvalue weighted by molar-refractivity contribution is 7.10. The molecule has 0 bridgehead atoms. The number of rotatable bonds is 2. The molecule has 2 aromatic rings. The predicted octanol–water partition coefficient (Wildman–Crippen LogP) is 4.45. The molecule has 0 aliphatic heterocycles. The third-order valence-electron chi connectivity index (χ3n) is 2.27. The van der Waals surface area contributed by atoms with Gasteiger partial charge in [0.1, 0.15) is 6.10 Å². The van der Waals surface area contributed by atoms with Crippen LogP contribution >= 0.6 is 34.5 Å². The van der Waals surface area contributed by atoms with Gasteiger partial charge in [0.05, 0.1) is 0 Å². The van der Waals surface area contributed by atoms with Crippen LogP contribution in [0.3, 0.4) is 0 Å². The lowest BCUT2D eigenvalue weighted by molar-refractivity contribution is 0.221. The van der Waals surface area contributed by atoms with Gasteiger partial charge in [0, 0.05) is 14.9 Å². The molecular weight excluding hydrogens is 263 g/mol. The first-order chi connectivity index (χ1) is 7.56. The Kier molecular flexibility index (Phi) is 3.55. The van der Waals surface area contributed by atoms with Gasteiger partial charge in [-0.05, 0) is 47.7 Å². The molecule has 0 aliphatic rings. The smallest absolute Gasteiger partial charge is 0.105 e. The zero-order chi connectivity index (χ0) is 11.7. The van der Waals surface area contributed by atoms with Gasteiger partial charge in [-0.15, -0.1) is 11.3 Å². The van der Waals surface area contributed by atoms with Gasteiger partial charge in [-0.1, -0.05) is 23.2 Å². The first-order valence-corrected chi connectivity index (χ1v) is 6.39. The number of halogens is 2. The molecule has 4 heteroatoms. The van der Waals surface area contributed by atoms with Crippen LogP contribution in [0.25, 0.3) is 0 Å². The lowest BCUT2D eigenvalue weighted by atomic mass is 10.0. The van der Waals surface area contributed by atoms with Crippen LogP contribution in [0.2, 0.25) is 10.0 Å². The van der Waals surface area contributed by atoms with Crippen LogP contribution in [-0.2, 0) is 0 Å². The summed E-state index contributed by atoms with van der Waals surface area (Å²) < 4.78 is 0. The van der Waals surface area contributed by atoms with Crippen LogP contribution in [0, 0.1) is 6.92 Å². The molecule has 0 radical (unpaired) electrons. The Morgan fingerprint density at radius 3 is 2.19 bits per heavy atom. The molecule has 0 saturated carbocycles. The summed E-state index contributed by atoms with van der Waals surface area (Å²) in [5.74, 6) is 0. The highest BCUT2D eigenvalue weighted by Gasteiger charge is 2.13. The molecule has 2 rings (SSSR count). The number of aliphatic hydroxyl groups excluding tert-OH is 1. The van der Waals surface area contributed by atoms with Crippen molar-refractivity contribution in [3.05, 3.63) is 55.7 Å². The van der Waals surface area contributed by atoms with E-state index in [2.05, 4.69) is 0 Å². The summed E-state index contributed by atoms with van der Waals surface area (Å²) in [6.45, 7) is 2.01. The minimum Gasteiger partial charge on any atom is -0.384 e. The predicted molar refractivity (Wildman–Crippen MR) is 69.6 cm³/mol. The van der Waals surface area contributed by atoms with Crippen molar-refractivity contribution in [3.63, 3.8) is 0 Å². The molecule has 1 heterocycles. The number of hydrogen-bond donors (Lipinski definition) is 1. The number of thiophene rings is 1. The van der Waals surface area contributed by atoms with E-state index in [0.717, 1.165) is 11.1 Å². The third-order valence-corrected chi connectivity index (χ3v) is 3.58. The van der Waals surface area contributed by atoms with Gasteiger partial charge in [-0.25, -0.2) is 0 Å². The average molecular weight is 273 g/mol. The standard InChI is InChI=1S/C12H10Cl2OS/c1-7-2-9(6-16-7)12(15)8-3-10(13)5-11(14)4-8/h2-6,12,15H,1H3. The molecular formula is C12H10Cl2OS. The van der Waals surface area contributed by atoms with Crippen LogP contribution in [0.4, 0.5) is 0 Å². The van der Waals surface area contributed by atoms with E-state index in [9.17, 15) is 5.11 Å². The molecule has 1 N–H and O–H groups in total. The summed E-state index contributed by atoms with van der Waals surface area (Å²) in [4.78, 5) is 1.17. The second kappa shape index (κ2) is 4.76. The molecule has 84 valence electrons.